The van der Waals surface area contributed by atoms with Crippen molar-refractivity contribution >= 4 is 16.7 Å². The Hall–Kier alpha value is -3.60. The van der Waals surface area contributed by atoms with Crippen molar-refractivity contribution in [3.8, 4) is 17.1 Å². The van der Waals surface area contributed by atoms with Gasteiger partial charge in [-0.3, -0.25) is 9.78 Å². The molecule has 4 rings (SSSR count). The Labute approximate surface area is 156 Å². The molecule has 0 aliphatic heterocycles. The number of aromatic nitrogens is 1. The van der Waals surface area contributed by atoms with Crippen LogP contribution in [0.5, 0.6) is 5.75 Å². The minimum absolute atomic E-state index is 0.0381. The highest BCUT2D eigenvalue weighted by atomic mass is 16.5. The van der Waals surface area contributed by atoms with Crippen LogP contribution < -0.4 is 10.1 Å². The van der Waals surface area contributed by atoms with E-state index in [2.05, 4.69) is 10.3 Å². The molecule has 2 aromatic heterocycles. The van der Waals surface area contributed by atoms with Crippen molar-refractivity contribution in [1.82, 2.24) is 10.3 Å². The lowest BCUT2D eigenvalue weighted by molar-refractivity contribution is -0.123. The van der Waals surface area contributed by atoms with Gasteiger partial charge in [0.2, 0.25) is 0 Å². The number of carbonyl (C=O) groups is 1. The molecule has 0 saturated carbocycles. The van der Waals surface area contributed by atoms with Crippen LogP contribution >= 0.6 is 0 Å². The minimum atomic E-state index is -0.188. The van der Waals surface area contributed by atoms with Crippen molar-refractivity contribution in [3.05, 3.63) is 84.9 Å². The van der Waals surface area contributed by atoms with Gasteiger partial charge in [0.15, 0.2) is 6.61 Å². The Morgan fingerprint density at radius 3 is 2.74 bits per heavy atom. The number of pyridine rings is 1. The van der Waals surface area contributed by atoms with Crippen LogP contribution in [0.15, 0.2) is 83.7 Å². The summed E-state index contributed by atoms with van der Waals surface area (Å²) in [7, 11) is 0. The summed E-state index contributed by atoms with van der Waals surface area (Å²) < 4.78 is 11.0. The van der Waals surface area contributed by atoms with Crippen molar-refractivity contribution in [2.24, 2.45) is 0 Å². The number of furan rings is 1. The molecule has 5 heteroatoms. The molecule has 0 aliphatic carbocycles. The van der Waals surface area contributed by atoms with Gasteiger partial charge in [-0.25, -0.2) is 0 Å². The highest BCUT2D eigenvalue weighted by Crippen LogP contribution is 2.21. The summed E-state index contributed by atoms with van der Waals surface area (Å²) in [5.41, 5.74) is 1.77. The Kier molecular flexibility index (Phi) is 4.83. The summed E-state index contributed by atoms with van der Waals surface area (Å²) in [6, 6.07) is 19.4. The van der Waals surface area contributed by atoms with E-state index in [1.165, 1.54) is 0 Å². The van der Waals surface area contributed by atoms with Crippen LogP contribution in [0, 0.1) is 0 Å². The molecule has 0 fully saturated rings. The first kappa shape index (κ1) is 16.8. The van der Waals surface area contributed by atoms with Crippen LogP contribution in [0.1, 0.15) is 5.56 Å². The third-order valence-electron chi connectivity index (χ3n) is 4.18. The molecule has 1 N–H and O–H groups in total. The zero-order valence-electron chi connectivity index (χ0n) is 14.6. The van der Waals surface area contributed by atoms with E-state index in [0.29, 0.717) is 12.3 Å². The number of nitrogens with zero attached hydrogens (tertiary/aromatic N) is 1. The molecular formula is C22H18N2O3. The molecule has 5 nitrogen and oxygen atoms in total. The number of carbonyl (C=O) groups excluding carboxylic acids is 1. The summed E-state index contributed by atoms with van der Waals surface area (Å²) in [5, 5.41) is 5.06. The largest absolute Gasteiger partial charge is 0.484 e. The van der Waals surface area contributed by atoms with Gasteiger partial charge in [0.05, 0.1) is 6.26 Å². The van der Waals surface area contributed by atoms with Gasteiger partial charge in [-0.05, 0) is 46.7 Å². The first-order chi connectivity index (χ1) is 13.3. The van der Waals surface area contributed by atoms with E-state index in [0.717, 1.165) is 27.7 Å². The normalized spacial score (nSPS) is 10.7. The summed E-state index contributed by atoms with van der Waals surface area (Å²) in [6.07, 6.45) is 5.07. The number of hydrogen-bond acceptors (Lipinski definition) is 4. The molecule has 0 spiro atoms. The van der Waals surface area contributed by atoms with Crippen LogP contribution in [0.3, 0.4) is 0 Å². The van der Waals surface area contributed by atoms with Gasteiger partial charge in [0.1, 0.15) is 11.5 Å². The molecule has 134 valence electrons. The Bertz CT molecular complexity index is 1060. The minimum Gasteiger partial charge on any atom is -0.484 e. The van der Waals surface area contributed by atoms with Crippen molar-refractivity contribution in [3.63, 3.8) is 0 Å². The first-order valence-electron chi connectivity index (χ1n) is 8.64. The Morgan fingerprint density at radius 2 is 1.89 bits per heavy atom. The average molecular weight is 358 g/mol. The molecule has 0 aliphatic rings. The third kappa shape index (κ3) is 4.15. The van der Waals surface area contributed by atoms with Crippen LogP contribution in [0.4, 0.5) is 0 Å². The second-order valence-electron chi connectivity index (χ2n) is 6.13. The topological polar surface area (TPSA) is 64.4 Å². The number of hydrogen-bond donors (Lipinski definition) is 1. The van der Waals surface area contributed by atoms with Crippen LogP contribution in [-0.4, -0.2) is 17.5 Å². The number of nitrogens with one attached hydrogen (secondary N) is 1. The maximum absolute atomic E-state index is 12.1. The molecule has 2 aromatic carbocycles. The number of amides is 1. The second-order valence-corrected chi connectivity index (χ2v) is 6.13. The molecule has 0 radical (unpaired) electrons. The third-order valence-corrected chi connectivity index (χ3v) is 4.18. The lowest BCUT2D eigenvalue weighted by Crippen LogP contribution is -2.28. The van der Waals surface area contributed by atoms with Gasteiger partial charge in [0, 0.05) is 24.5 Å². The summed E-state index contributed by atoms with van der Waals surface area (Å²) in [5.74, 6) is 1.23. The van der Waals surface area contributed by atoms with Gasteiger partial charge < -0.3 is 14.5 Å². The average Bonchev–Trinajstić information content (AvgIpc) is 3.26. The van der Waals surface area contributed by atoms with Crippen LogP contribution in [0.25, 0.3) is 22.1 Å². The highest BCUT2D eigenvalue weighted by molar-refractivity contribution is 5.84. The van der Waals surface area contributed by atoms with E-state index in [1.54, 1.807) is 18.7 Å². The smallest absolute Gasteiger partial charge is 0.258 e. The number of fused-ring (bicyclic) bond motifs is 1. The monoisotopic (exact) mass is 358 g/mol. The molecule has 0 bridgehead atoms. The second kappa shape index (κ2) is 7.74. The molecule has 2 heterocycles. The van der Waals surface area contributed by atoms with E-state index in [9.17, 15) is 4.79 Å². The fraction of sp³-hybridized carbons (Fsp3) is 0.0909. The maximum Gasteiger partial charge on any atom is 0.258 e. The van der Waals surface area contributed by atoms with Crippen LogP contribution in [0.2, 0.25) is 0 Å². The molecule has 27 heavy (non-hydrogen) atoms. The number of ether oxygens (including phenoxy) is 1. The zero-order chi connectivity index (χ0) is 18.5. The van der Waals surface area contributed by atoms with E-state index in [1.807, 2.05) is 60.7 Å². The van der Waals surface area contributed by atoms with Crippen molar-refractivity contribution in [2.75, 3.05) is 6.61 Å². The molecule has 0 unspecified atom stereocenters. The molecular weight excluding hydrogens is 340 g/mol. The lowest BCUT2D eigenvalue weighted by Gasteiger charge is -2.09. The standard InChI is InChI=1S/C22H18N2O3/c25-22(15-27-20-8-7-17-4-1-2-5-18(17)11-20)24-13-16-10-19(14-23-12-16)21-6-3-9-26-21/h1-12,14H,13,15H2,(H,24,25). The van der Waals surface area contributed by atoms with Gasteiger partial charge in [0.25, 0.3) is 5.91 Å². The van der Waals surface area contributed by atoms with Crippen LogP contribution in [-0.2, 0) is 11.3 Å². The predicted molar refractivity (Wildman–Crippen MR) is 103 cm³/mol. The van der Waals surface area contributed by atoms with Gasteiger partial charge >= 0.3 is 0 Å². The molecule has 4 aromatic rings. The van der Waals surface area contributed by atoms with Crippen molar-refractivity contribution in [2.45, 2.75) is 6.54 Å². The number of benzene rings is 2. The zero-order valence-corrected chi connectivity index (χ0v) is 14.6. The first-order valence-corrected chi connectivity index (χ1v) is 8.64. The molecule has 1 amide bonds. The predicted octanol–water partition coefficient (Wildman–Crippen LogP) is 4.19. The van der Waals surface area contributed by atoms with E-state index >= 15 is 0 Å². The van der Waals surface area contributed by atoms with Gasteiger partial charge in [-0.15, -0.1) is 0 Å². The van der Waals surface area contributed by atoms with E-state index in [4.69, 9.17) is 9.15 Å². The fourth-order valence-corrected chi connectivity index (χ4v) is 2.82. The highest BCUT2D eigenvalue weighted by Gasteiger charge is 2.06. The van der Waals surface area contributed by atoms with Gasteiger partial charge in [-0.2, -0.15) is 0 Å². The lowest BCUT2D eigenvalue weighted by atomic mass is 10.1. The quantitative estimate of drug-likeness (QED) is 0.561. The summed E-state index contributed by atoms with van der Waals surface area (Å²) in [6.45, 7) is 0.338. The van der Waals surface area contributed by atoms with E-state index < -0.39 is 0 Å². The molecule has 0 atom stereocenters. The Balaban J connectivity index is 1.32. The molecule has 0 saturated heterocycles. The fourth-order valence-electron chi connectivity index (χ4n) is 2.82. The maximum atomic E-state index is 12.1. The van der Waals surface area contributed by atoms with E-state index in [-0.39, 0.29) is 12.5 Å². The van der Waals surface area contributed by atoms with Crippen molar-refractivity contribution < 1.29 is 13.9 Å². The summed E-state index contributed by atoms with van der Waals surface area (Å²) in [4.78, 5) is 16.3. The van der Waals surface area contributed by atoms with Crippen molar-refractivity contribution in [1.29, 1.82) is 0 Å². The summed E-state index contributed by atoms with van der Waals surface area (Å²) >= 11 is 0. The van der Waals surface area contributed by atoms with Gasteiger partial charge in [-0.1, -0.05) is 30.3 Å². The Morgan fingerprint density at radius 1 is 1.00 bits per heavy atom. The SMILES string of the molecule is O=C(COc1ccc2ccccc2c1)NCc1cncc(-c2ccco2)c1. The number of rotatable bonds is 6.